The van der Waals surface area contributed by atoms with Crippen LogP contribution in [0.3, 0.4) is 0 Å². The van der Waals surface area contributed by atoms with Crippen molar-refractivity contribution in [3.05, 3.63) is 184 Å². The molecule has 0 saturated heterocycles. The molecule has 0 atom stereocenters. The summed E-state index contributed by atoms with van der Waals surface area (Å²) in [4.78, 5) is 85.4. The largest absolute Gasteiger partial charge is 0.477 e. The predicted molar refractivity (Wildman–Crippen MR) is 303 cm³/mol. The Hall–Kier alpha value is -9.92. The van der Waals surface area contributed by atoms with Crippen molar-refractivity contribution in [2.75, 3.05) is 53.6 Å². The number of halogens is 2. The molecule has 4 aromatic carbocycles. The van der Waals surface area contributed by atoms with E-state index in [9.17, 15) is 29.1 Å². The Kier molecular flexibility index (Phi) is 14.2. The van der Waals surface area contributed by atoms with Crippen LogP contribution in [0.5, 0.6) is 0 Å². The van der Waals surface area contributed by atoms with Crippen LogP contribution in [0, 0.1) is 11.6 Å². The molecular weight excluding hydrogens is 1040 g/mol. The van der Waals surface area contributed by atoms with E-state index in [4.69, 9.17) is 24.3 Å². The van der Waals surface area contributed by atoms with Crippen molar-refractivity contribution in [1.82, 2.24) is 38.9 Å². The summed E-state index contributed by atoms with van der Waals surface area (Å²) in [6.07, 6.45) is 9.45. The number of likely N-dealkylation sites (N-methyl/N-ethyl adjacent to an activating group) is 2. The number of nitrogen functional groups attached to an aromatic ring is 1. The lowest BCUT2D eigenvalue weighted by atomic mass is 9.93. The van der Waals surface area contributed by atoms with Gasteiger partial charge in [-0.1, -0.05) is 54.6 Å². The van der Waals surface area contributed by atoms with Crippen LogP contribution in [0.1, 0.15) is 49.9 Å². The van der Waals surface area contributed by atoms with E-state index in [2.05, 4.69) is 15.0 Å². The molecule has 1 aliphatic rings. The van der Waals surface area contributed by atoms with Crippen LogP contribution < -0.4 is 11.3 Å². The number of fused-ring (bicyclic) bond motifs is 8. The number of allylic oxidation sites excluding steroid dienone is 4. The van der Waals surface area contributed by atoms with Crippen molar-refractivity contribution in [3.8, 4) is 11.1 Å². The number of anilines is 1. The van der Waals surface area contributed by atoms with Gasteiger partial charge < -0.3 is 48.3 Å². The molecule has 0 amide bonds. The van der Waals surface area contributed by atoms with E-state index in [0.717, 1.165) is 10.9 Å². The number of carboxylic acids is 1. The van der Waals surface area contributed by atoms with E-state index in [1.54, 1.807) is 52.0 Å². The zero-order valence-electron chi connectivity index (χ0n) is 44.3. The smallest absolute Gasteiger partial charge is 0.355 e. The molecule has 81 heavy (non-hydrogen) atoms. The average molecular weight is 1090 g/mol. The third-order valence-corrected chi connectivity index (χ3v) is 14.0. The monoisotopic (exact) mass is 1090 g/mol. The number of nitrogens with two attached hydrogens (primary N) is 1. The summed E-state index contributed by atoms with van der Waals surface area (Å²) in [6.45, 7) is 0.877. The van der Waals surface area contributed by atoms with Crippen LogP contribution in [0.15, 0.2) is 142 Å². The number of aromatic carboxylic acids is 1. The SMILES string of the molecule is CN(C)CCOC(=O)c1c(-c2ccc[nH]c2=O)c2c3occc3c(F)cc2n1Cc1cc(CC(=O)CN(C)C)nc2ccccc12.Nc1nc(Cn2c(C(=O)O)c(C3=CC=CCC3=O)c3c4occc4c(F)cc32)c2ccccc2n1. The standard InChI is InChI=1S/C35H34FN5O5.C26H17FN4O4/c1-39(2)13-15-46-35(44)32-30(26-9-7-12-37-34(26)43)31-29(18-27(36)25-11-14-45-33(25)31)41(32)19-21-16-22(17-23(42)20-40(3)4)38-28-10-6-5-8-24(21)28;27-16-11-19-22(24-13(16)9-10-35-24)21(15-6-2-4-8-20(15)32)23(25(33)34)31(19)12-18-14-5-1-3-7-17(14)29-26(28)30-18/h5-12,14,16,18H,13,15,17,19-20H2,1-4H3,(H,37,43);1-7,9-11H,8,12H2,(H,33,34)(H2,28,29,30). The number of H-pyrrole nitrogens is 1. The Bertz CT molecular complexity index is 4500. The Morgan fingerprint density at radius 2 is 1.40 bits per heavy atom. The van der Waals surface area contributed by atoms with Gasteiger partial charge in [-0.2, -0.15) is 0 Å². The highest BCUT2D eigenvalue weighted by molar-refractivity contribution is 6.29. The number of carboxylic acid groups (broad SMARTS) is 1. The van der Waals surface area contributed by atoms with Gasteiger partial charge in [0.1, 0.15) is 40.8 Å². The topological polar surface area (TPSA) is 238 Å². The number of pyridine rings is 2. The van der Waals surface area contributed by atoms with Gasteiger partial charge in [-0.25, -0.2) is 28.3 Å². The molecule has 7 aromatic heterocycles. The number of ketones is 2. The lowest BCUT2D eigenvalue weighted by Gasteiger charge is -2.16. The van der Waals surface area contributed by atoms with Crippen LogP contribution in [0.2, 0.25) is 0 Å². The molecule has 0 spiro atoms. The van der Waals surface area contributed by atoms with Crippen LogP contribution in [-0.2, 0) is 33.8 Å². The van der Waals surface area contributed by atoms with Crippen molar-refractivity contribution < 1.29 is 46.6 Å². The maximum Gasteiger partial charge on any atom is 0.355 e. The second-order valence-electron chi connectivity index (χ2n) is 20.0. The lowest BCUT2D eigenvalue weighted by molar-refractivity contribution is -0.119. The molecule has 0 bridgehead atoms. The summed E-state index contributed by atoms with van der Waals surface area (Å²) >= 11 is 0. The summed E-state index contributed by atoms with van der Waals surface area (Å²) in [7, 11) is 7.40. The first-order valence-electron chi connectivity index (χ1n) is 25.7. The van der Waals surface area contributed by atoms with E-state index in [0.29, 0.717) is 50.6 Å². The number of para-hydroxylation sites is 2. The highest BCUT2D eigenvalue weighted by Gasteiger charge is 2.33. The third-order valence-electron chi connectivity index (χ3n) is 14.0. The maximum absolute atomic E-state index is 15.6. The van der Waals surface area contributed by atoms with Gasteiger partial charge in [-0.15, -0.1) is 0 Å². The number of furan rings is 2. The first kappa shape index (κ1) is 53.1. The van der Waals surface area contributed by atoms with Crippen molar-refractivity contribution in [2.45, 2.75) is 25.9 Å². The fourth-order valence-corrected chi connectivity index (χ4v) is 10.6. The molecule has 0 unspecified atom stereocenters. The minimum absolute atomic E-state index is 0.00294. The number of rotatable bonds is 15. The maximum atomic E-state index is 15.6. The van der Waals surface area contributed by atoms with Crippen molar-refractivity contribution >= 4 is 101 Å². The zero-order chi connectivity index (χ0) is 56.8. The fraction of sp³-hybridized carbons (Fsp3) is 0.180. The van der Waals surface area contributed by atoms with Crippen LogP contribution in [-0.4, -0.2) is 115 Å². The van der Waals surface area contributed by atoms with Crippen molar-refractivity contribution in [2.24, 2.45) is 0 Å². The fourth-order valence-electron chi connectivity index (χ4n) is 10.6. The average Bonchev–Trinajstić information content (AvgIpc) is 4.33. The number of nitrogens with one attached hydrogen (secondary N) is 1. The third kappa shape index (κ3) is 10.0. The van der Waals surface area contributed by atoms with Gasteiger partial charge in [0.25, 0.3) is 5.56 Å². The molecule has 0 aliphatic heterocycles. The molecule has 7 heterocycles. The number of Topliss-reactive ketones (excluding diaryl/α,β-unsaturated/α-hetero) is 2. The number of hydrogen-bond acceptors (Lipinski definition) is 14. The molecule has 4 N–H and O–H groups in total. The van der Waals surface area contributed by atoms with Gasteiger partial charge in [0, 0.05) is 58.9 Å². The Morgan fingerprint density at radius 3 is 2.04 bits per heavy atom. The molecule has 11 aromatic rings. The number of aromatic nitrogens is 6. The number of carbonyl (C=O) groups is 4. The second kappa shape index (κ2) is 21.7. The lowest BCUT2D eigenvalue weighted by Crippen LogP contribution is -2.23. The molecule has 18 nitrogen and oxygen atoms in total. The highest BCUT2D eigenvalue weighted by atomic mass is 19.1. The van der Waals surface area contributed by atoms with Crippen molar-refractivity contribution in [3.63, 3.8) is 0 Å². The molecule has 0 radical (unpaired) electrons. The van der Waals surface area contributed by atoms with Gasteiger partial charge in [0.05, 0.1) is 86.9 Å². The van der Waals surface area contributed by atoms with Crippen LogP contribution in [0.25, 0.3) is 82.3 Å². The summed E-state index contributed by atoms with van der Waals surface area (Å²) in [6, 6.07) is 25.5. The van der Waals surface area contributed by atoms with E-state index in [1.807, 2.05) is 75.6 Å². The highest BCUT2D eigenvalue weighted by Crippen LogP contribution is 2.43. The molecule has 408 valence electrons. The molecular formula is C61H51F2N9O9. The number of aromatic amines is 1. The van der Waals surface area contributed by atoms with E-state index < -0.39 is 29.1 Å². The zero-order valence-corrected chi connectivity index (χ0v) is 44.3. The van der Waals surface area contributed by atoms with E-state index >= 15 is 8.78 Å². The molecule has 0 fully saturated rings. The summed E-state index contributed by atoms with van der Waals surface area (Å²) < 4.78 is 51.0. The summed E-state index contributed by atoms with van der Waals surface area (Å²) in [5, 5.41) is 13.0. The molecule has 12 rings (SSSR count). The normalized spacial score (nSPS) is 12.6. The van der Waals surface area contributed by atoms with Crippen LogP contribution in [0.4, 0.5) is 14.7 Å². The van der Waals surface area contributed by atoms with E-state index in [-0.39, 0.29) is 118 Å². The Labute approximate surface area is 459 Å². The quantitative estimate of drug-likeness (QED) is 0.0810. The van der Waals surface area contributed by atoms with Crippen LogP contribution >= 0.6 is 0 Å². The minimum Gasteiger partial charge on any atom is -0.477 e. The number of esters is 1. The minimum atomic E-state index is -1.27. The van der Waals surface area contributed by atoms with Gasteiger partial charge in [0.2, 0.25) is 5.95 Å². The number of ether oxygens (including phenoxy) is 1. The van der Waals surface area contributed by atoms with Gasteiger partial charge >= 0.3 is 11.9 Å². The Balaban J connectivity index is 0.000000176. The predicted octanol–water partition coefficient (Wildman–Crippen LogP) is 9.58. The molecule has 20 heteroatoms. The molecule has 0 saturated carbocycles. The number of carbonyl (C=O) groups excluding carboxylic acids is 3. The number of benzene rings is 4. The molecule has 1 aliphatic carbocycles. The van der Waals surface area contributed by atoms with E-state index in [1.165, 1.54) is 47.6 Å². The summed E-state index contributed by atoms with van der Waals surface area (Å²) in [5.74, 6) is -3.26. The van der Waals surface area contributed by atoms with Gasteiger partial charge in [0.15, 0.2) is 11.6 Å². The van der Waals surface area contributed by atoms with Gasteiger partial charge in [-0.05, 0) is 88.4 Å². The number of hydrogen-bond donors (Lipinski definition) is 3. The van der Waals surface area contributed by atoms with Crippen molar-refractivity contribution in [1.29, 1.82) is 0 Å². The van der Waals surface area contributed by atoms with Gasteiger partial charge in [-0.3, -0.25) is 19.4 Å². The Morgan fingerprint density at radius 1 is 0.753 bits per heavy atom. The second-order valence-corrected chi connectivity index (χ2v) is 20.0. The first-order valence-corrected chi connectivity index (χ1v) is 25.7. The first-order chi connectivity index (χ1) is 39.1. The summed E-state index contributed by atoms with van der Waals surface area (Å²) in [5.41, 5.74) is 10.4. The number of nitrogens with zero attached hydrogens (tertiary/aromatic N) is 7.